The van der Waals surface area contributed by atoms with E-state index in [2.05, 4.69) is 19.2 Å². The third kappa shape index (κ3) is 2.00. The van der Waals surface area contributed by atoms with Gasteiger partial charge >= 0.3 is 0 Å². The van der Waals surface area contributed by atoms with Crippen LogP contribution >= 0.6 is 0 Å². The molecule has 0 aliphatic heterocycles. The first kappa shape index (κ1) is 10.5. The van der Waals surface area contributed by atoms with Gasteiger partial charge in [0.1, 0.15) is 0 Å². The molecular weight excluding hydrogens is 168 g/mol. The number of hydrogen-bond donors (Lipinski definition) is 2. The minimum atomic E-state index is -0.309. The lowest BCUT2D eigenvalue weighted by Crippen LogP contribution is -2.61. The van der Waals surface area contributed by atoms with Crippen molar-refractivity contribution in [2.45, 2.75) is 32.4 Å². The zero-order chi connectivity index (χ0) is 10.1. The molecule has 4 heteroatoms. The van der Waals surface area contributed by atoms with E-state index in [-0.39, 0.29) is 24.0 Å². The fourth-order valence-electron chi connectivity index (χ4n) is 1.86. The molecule has 2 atom stereocenters. The molecule has 2 unspecified atom stereocenters. The van der Waals surface area contributed by atoms with Crippen molar-refractivity contribution in [3.8, 4) is 0 Å². The molecule has 1 amide bonds. The first-order valence-electron chi connectivity index (χ1n) is 4.53. The van der Waals surface area contributed by atoms with Crippen molar-refractivity contribution in [2.75, 3.05) is 13.7 Å². The normalized spacial score (nSPS) is 31.0. The van der Waals surface area contributed by atoms with Crippen LogP contribution in [-0.2, 0) is 9.53 Å². The number of carbonyl (C=O) groups excluding carboxylic acids is 1. The largest absolute Gasteiger partial charge is 0.381 e. The van der Waals surface area contributed by atoms with E-state index in [9.17, 15) is 4.79 Å². The predicted octanol–water partition coefficient (Wildman–Crippen LogP) is -0.125. The van der Waals surface area contributed by atoms with Crippen LogP contribution in [0, 0.1) is 5.41 Å². The highest BCUT2D eigenvalue weighted by atomic mass is 16.5. The summed E-state index contributed by atoms with van der Waals surface area (Å²) in [5.41, 5.74) is 5.14. The fraction of sp³-hybridized carbons (Fsp3) is 0.889. The number of rotatable bonds is 4. The Morgan fingerprint density at radius 2 is 2.31 bits per heavy atom. The Kier molecular flexibility index (Phi) is 2.93. The minimum Gasteiger partial charge on any atom is -0.381 e. The van der Waals surface area contributed by atoms with Gasteiger partial charge in [-0.05, 0) is 6.42 Å². The van der Waals surface area contributed by atoms with Gasteiger partial charge in [-0.15, -0.1) is 0 Å². The van der Waals surface area contributed by atoms with Gasteiger partial charge in [0.25, 0.3) is 0 Å². The van der Waals surface area contributed by atoms with E-state index in [0.717, 1.165) is 6.42 Å². The van der Waals surface area contributed by atoms with Crippen LogP contribution in [0.2, 0.25) is 0 Å². The van der Waals surface area contributed by atoms with Gasteiger partial charge in [-0.2, -0.15) is 0 Å². The number of nitrogens with one attached hydrogen (secondary N) is 1. The molecule has 0 aromatic heterocycles. The molecule has 1 aliphatic rings. The summed E-state index contributed by atoms with van der Waals surface area (Å²) in [6.07, 6.45) is 1.24. The number of ether oxygens (including phenoxy) is 1. The third-order valence-electron chi connectivity index (χ3n) is 2.98. The number of methoxy groups -OCH3 is 1. The highest BCUT2D eigenvalue weighted by Crippen LogP contribution is 2.42. The molecule has 1 saturated carbocycles. The molecule has 1 aliphatic carbocycles. The van der Waals surface area contributed by atoms with Gasteiger partial charge in [0.2, 0.25) is 5.91 Å². The van der Waals surface area contributed by atoms with Crippen LogP contribution < -0.4 is 11.1 Å². The number of primary amides is 1. The Balaban J connectivity index is 2.35. The van der Waals surface area contributed by atoms with E-state index in [0.29, 0.717) is 6.04 Å². The summed E-state index contributed by atoms with van der Waals surface area (Å²) >= 11 is 0. The molecular formula is C9H18N2O2. The molecule has 0 spiro atoms. The van der Waals surface area contributed by atoms with Gasteiger partial charge in [0.15, 0.2) is 0 Å². The quantitative estimate of drug-likeness (QED) is 0.643. The number of nitrogens with two attached hydrogens (primary N) is 1. The van der Waals surface area contributed by atoms with Gasteiger partial charge in [-0.1, -0.05) is 13.8 Å². The molecule has 13 heavy (non-hydrogen) atoms. The number of carbonyl (C=O) groups is 1. The highest BCUT2D eigenvalue weighted by molar-refractivity contribution is 5.75. The second-order valence-electron chi connectivity index (χ2n) is 4.18. The Morgan fingerprint density at radius 3 is 2.69 bits per heavy atom. The second-order valence-corrected chi connectivity index (χ2v) is 4.18. The molecule has 0 saturated heterocycles. The highest BCUT2D eigenvalue weighted by Gasteiger charge is 2.48. The molecule has 0 radical (unpaired) electrons. The Hall–Kier alpha value is -0.610. The van der Waals surface area contributed by atoms with Crippen molar-refractivity contribution >= 4 is 5.91 Å². The van der Waals surface area contributed by atoms with Crippen molar-refractivity contribution < 1.29 is 9.53 Å². The summed E-state index contributed by atoms with van der Waals surface area (Å²) in [4.78, 5) is 10.5. The van der Waals surface area contributed by atoms with Crippen molar-refractivity contribution in [1.29, 1.82) is 0 Å². The van der Waals surface area contributed by atoms with Crippen LogP contribution in [0.5, 0.6) is 0 Å². The monoisotopic (exact) mass is 186 g/mol. The maximum atomic E-state index is 10.5. The second kappa shape index (κ2) is 3.64. The fourth-order valence-corrected chi connectivity index (χ4v) is 1.86. The molecule has 0 aromatic carbocycles. The predicted molar refractivity (Wildman–Crippen MR) is 50.2 cm³/mol. The summed E-state index contributed by atoms with van der Waals surface area (Å²) in [5, 5.41) is 3.12. The molecule has 0 heterocycles. The van der Waals surface area contributed by atoms with Crippen molar-refractivity contribution in [3.05, 3.63) is 0 Å². The SMILES string of the molecule is COC1CC(NCC(N)=O)C1(C)C. The Labute approximate surface area is 78.8 Å². The summed E-state index contributed by atoms with van der Waals surface area (Å²) in [5.74, 6) is -0.309. The van der Waals surface area contributed by atoms with Crippen LogP contribution in [-0.4, -0.2) is 31.7 Å². The maximum absolute atomic E-state index is 10.5. The third-order valence-corrected chi connectivity index (χ3v) is 2.98. The minimum absolute atomic E-state index is 0.101. The summed E-state index contributed by atoms with van der Waals surface area (Å²) < 4.78 is 5.28. The summed E-state index contributed by atoms with van der Waals surface area (Å²) in [6.45, 7) is 4.51. The Morgan fingerprint density at radius 1 is 1.69 bits per heavy atom. The molecule has 4 nitrogen and oxygen atoms in total. The maximum Gasteiger partial charge on any atom is 0.231 e. The lowest BCUT2D eigenvalue weighted by molar-refractivity contribution is -0.120. The lowest BCUT2D eigenvalue weighted by atomic mass is 9.64. The van der Waals surface area contributed by atoms with Crippen LogP contribution in [0.1, 0.15) is 20.3 Å². The summed E-state index contributed by atoms with van der Waals surface area (Å²) in [6, 6.07) is 0.338. The number of hydrogen-bond acceptors (Lipinski definition) is 3. The zero-order valence-corrected chi connectivity index (χ0v) is 8.46. The van der Waals surface area contributed by atoms with Gasteiger partial charge < -0.3 is 15.8 Å². The van der Waals surface area contributed by atoms with Crippen LogP contribution in [0.4, 0.5) is 0 Å². The molecule has 3 N–H and O–H groups in total. The molecule has 0 aromatic rings. The molecule has 76 valence electrons. The molecule has 0 bridgehead atoms. The lowest BCUT2D eigenvalue weighted by Gasteiger charge is -2.51. The summed E-state index contributed by atoms with van der Waals surface area (Å²) in [7, 11) is 1.72. The van der Waals surface area contributed by atoms with Crippen LogP contribution in [0.25, 0.3) is 0 Å². The average Bonchev–Trinajstić information content (AvgIpc) is 2.02. The van der Waals surface area contributed by atoms with Crippen LogP contribution in [0.3, 0.4) is 0 Å². The number of amides is 1. The van der Waals surface area contributed by atoms with E-state index in [1.165, 1.54) is 0 Å². The van der Waals surface area contributed by atoms with Crippen molar-refractivity contribution in [1.82, 2.24) is 5.32 Å². The zero-order valence-electron chi connectivity index (χ0n) is 8.46. The van der Waals surface area contributed by atoms with E-state index < -0.39 is 0 Å². The van der Waals surface area contributed by atoms with E-state index in [1.54, 1.807) is 7.11 Å². The van der Waals surface area contributed by atoms with E-state index in [1.807, 2.05) is 0 Å². The van der Waals surface area contributed by atoms with Crippen molar-refractivity contribution in [2.24, 2.45) is 11.1 Å². The van der Waals surface area contributed by atoms with Crippen LogP contribution in [0.15, 0.2) is 0 Å². The molecule has 1 fully saturated rings. The topological polar surface area (TPSA) is 64.3 Å². The van der Waals surface area contributed by atoms with Gasteiger partial charge in [0, 0.05) is 18.6 Å². The standard InChI is InChI=1S/C9H18N2O2/c1-9(2)6(4-7(9)13-3)11-5-8(10)12/h6-7,11H,4-5H2,1-3H3,(H2,10,12). The van der Waals surface area contributed by atoms with E-state index in [4.69, 9.17) is 10.5 Å². The molecule has 1 rings (SSSR count). The van der Waals surface area contributed by atoms with Crippen molar-refractivity contribution in [3.63, 3.8) is 0 Å². The first-order valence-corrected chi connectivity index (χ1v) is 4.53. The van der Waals surface area contributed by atoms with Gasteiger partial charge in [-0.3, -0.25) is 4.79 Å². The first-order chi connectivity index (χ1) is 5.98. The van der Waals surface area contributed by atoms with Gasteiger partial charge in [-0.25, -0.2) is 0 Å². The smallest absolute Gasteiger partial charge is 0.231 e. The van der Waals surface area contributed by atoms with E-state index >= 15 is 0 Å². The Bertz CT molecular complexity index is 204. The van der Waals surface area contributed by atoms with Gasteiger partial charge in [0.05, 0.1) is 12.6 Å². The average molecular weight is 186 g/mol.